The van der Waals surface area contributed by atoms with Crippen molar-refractivity contribution >= 4 is 57.0 Å². The quantitative estimate of drug-likeness (QED) is 0.312. The summed E-state index contributed by atoms with van der Waals surface area (Å²) in [5.74, 6) is 0.433. The van der Waals surface area contributed by atoms with Gasteiger partial charge in [-0.2, -0.15) is 0 Å². The number of hydrogen-bond donors (Lipinski definition) is 1. The summed E-state index contributed by atoms with van der Waals surface area (Å²) in [7, 11) is 1.61. The SMILES string of the molecule is COc1ccc(/C=C2/N=C(SCC(=O)Nc3cccc4ccccc34)N(c3ccccc3C)C2=O)cc1. The summed E-state index contributed by atoms with van der Waals surface area (Å²) in [6.07, 6.45) is 1.75. The van der Waals surface area contributed by atoms with Gasteiger partial charge in [-0.3, -0.25) is 14.5 Å². The van der Waals surface area contributed by atoms with Gasteiger partial charge in [0.05, 0.1) is 18.6 Å². The Morgan fingerprint density at radius 2 is 1.70 bits per heavy atom. The van der Waals surface area contributed by atoms with E-state index in [9.17, 15) is 9.59 Å². The van der Waals surface area contributed by atoms with Crippen LogP contribution in [-0.4, -0.2) is 29.8 Å². The molecule has 0 saturated carbocycles. The van der Waals surface area contributed by atoms with E-state index in [-0.39, 0.29) is 17.6 Å². The Balaban J connectivity index is 1.39. The molecule has 0 unspecified atom stereocenters. The zero-order chi connectivity index (χ0) is 25.8. The van der Waals surface area contributed by atoms with Crippen LogP contribution in [0.5, 0.6) is 5.75 Å². The van der Waals surface area contributed by atoms with E-state index in [1.807, 2.05) is 97.9 Å². The lowest BCUT2D eigenvalue weighted by molar-refractivity contribution is -0.114. The molecule has 0 radical (unpaired) electrons. The minimum atomic E-state index is -0.234. The molecule has 0 saturated heterocycles. The van der Waals surface area contributed by atoms with Gasteiger partial charge in [0.15, 0.2) is 5.17 Å². The number of aliphatic imine (C=N–C) groups is 1. The Bertz CT molecular complexity index is 1540. The molecular formula is C30H25N3O3S. The fourth-order valence-electron chi connectivity index (χ4n) is 4.13. The van der Waals surface area contributed by atoms with Crippen molar-refractivity contribution in [2.24, 2.45) is 4.99 Å². The van der Waals surface area contributed by atoms with E-state index >= 15 is 0 Å². The number of para-hydroxylation sites is 1. The zero-order valence-electron chi connectivity index (χ0n) is 20.5. The first-order valence-electron chi connectivity index (χ1n) is 11.8. The highest BCUT2D eigenvalue weighted by Gasteiger charge is 2.33. The number of anilines is 2. The summed E-state index contributed by atoms with van der Waals surface area (Å²) in [5, 5.41) is 5.50. The maximum Gasteiger partial charge on any atom is 0.283 e. The van der Waals surface area contributed by atoms with Crippen molar-refractivity contribution in [1.82, 2.24) is 0 Å². The molecular weight excluding hydrogens is 482 g/mol. The van der Waals surface area contributed by atoms with E-state index in [0.717, 1.165) is 39.0 Å². The maximum absolute atomic E-state index is 13.5. The van der Waals surface area contributed by atoms with Crippen LogP contribution in [0.3, 0.4) is 0 Å². The van der Waals surface area contributed by atoms with Crippen LogP contribution in [0.2, 0.25) is 0 Å². The second-order valence-corrected chi connectivity index (χ2v) is 9.43. The predicted octanol–water partition coefficient (Wildman–Crippen LogP) is 6.27. The molecule has 184 valence electrons. The number of rotatable bonds is 6. The van der Waals surface area contributed by atoms with Gasteiger partial charge in [0, 0.05) is 11.1 Å². The highest BCUT2D eigenvalue weighted by Crippen LogP contribution is 2.32. The number of hydrogen-bond acceptors (Lipinski definition) is 5. The normalized spacial score (nSPS) is 14.2. The van der Waals surface area contributed by atoms with Crippen LogP contribution >= 0.6 is 11.8 Å². The van der Waals surface area contributed by atoms with Crippen LogP contribution in [0.1, 0.15) is 11.1 Å². The van der Waals surface area contributed by atoms with Gasteiger partial charge in [-0.25, -0.2) is 4.99 Å². The Kier molecular flexibility index (Phi) is 7.05. The van der Waals surface area contributed by atoms with E-state index < -0.39 is 0 Å². The third kappa shape index (κ3) is 5.27. The Morgan fingerprint density at radius 1 is 0.973 bits per heavy atom. The van der Waals surface area contributed by atoms with Crippen molar-refractivity contribution in [2.45, 2.75) is 6.92 Å². The number of fused-ring (bicyclic) bond motifs is 1. The molecule has 37 heavy (non-hydrogen) atoms. The smallest absolute Gasteiger partial charge is 0.283 e. The number of benzene rings is 4. The standard InChI is InChI=1S/C30H25N3O3S/c1-20-8-3-6-13-27(20)33-29(35)26(18-21-14-16-23(36-2)17-15-21)32-30(33)37-19-28(34)31-25-12-7-10-22-9-4-5-11-24(22)25/h3-18H,19H2,1-2H3,(H,31,34)/b26-18+. The van der Waals surface area contributed by atoms with E-state index in [0.29, 0.717) is 10.9 Å². The molecule has 1 aliphatic heterocycles. The van der Waals surface area contributed by atoms with Crippen molar-refractivity contribution in [2.75, 3.05) is 23.1 Å². The first-order chi connectivity index (χ1) is 18.0. The Labute approximate surface area is 219 Å². The molecule has 1 heterocycles. The molecule has 7 heteroatoms. The average Bonchev–Trinajstić information content (AvgIpc) is 3.23. The Hall–Kier alpha value is -4.36. The van der Waals surface area contributed by atoms with Crippen LogP contribution in [0.15, 0.2) is 102 Å². The molecule has 0 spiro atoms. The van der Waals surface area contributed by atoms with Gasteiger partial charge in [-0.15, -0.1) is 0 Å². The van der Waals surface area contributed by atoms with Gasteiger partial charge in [0.1, 0.15) is 11.4 Å². The number of aryl methyl sites for hydroxylation is 1. The van der Waals surface area contributed by atoms with E-state index in [1.165, 1.54) is 11.8 Å². The summed E-state index contributed by atoms with van der Waals surface area (Å²) in [6.45, 7) is 1.95. The molecule has 6 nitrogen and oxygen atoms in total. The molecule has 0 aliphatic carbocycles. The fraction of sp³-hybridized carbons (Fsp3) is 0.100. The van der Waals surface area contributed by atoms with Crippen molar-refractivity contribution in [3.8, 4) is 5.75 Å². The second kappa shape index (κ2) is 10.7. The topological polar surface area (TPSA) is 71.0 Å². The van der Waals surface area contributed by atoms with Gasteiger partial charge in [0.2, 0.25) is 5.91 Å². The number of amidine groups is 1. The lowest BCUT2D eigenvalue weighted by Crippen LogP contribution is -2.31. The van der Waals surface area contributed by atoms with Crippen LogP contribution in [0.25, 0.3) is 16.8 Å². The highest BCUT2D eigenvalue weighted by atomic mass is 32.2. The molecule has 0 atom stereocenters. The van der Waals surface area contributed by atoms with Gasteiger partial charge < -0.3 is 10.1 Å². The third-order valence-electron chi connectivity index (χ3n) is 6.00. The fourth-order valence-corrected chi connectivity index (χ4v) is 4.93. The van der Waals surface area contributed by atoms with Crippen LogP contribution in [0, 0.1) is 6.92 Å². The summed E-state index contributed by atoms with van der Waals surface area (Å²) in [6, 6.07) is 28.8. The minimum absolute atomic E-state index is 0.105. The predicted molar refractivity (Wildman–Crippen MR) is 152 cm³/mol. The molecule has 0 fully saturated rings. The number of carbonyl (C=O) groups excluding carboxylic acids is 2. The highest BCUT2D eigenvalue weighted by molar-refractivity contribution is 8.14. The first kappa shape index (κ1) is 24.3. The molecule has 1 aliphatic rings. The number of ether oxygens (including phenoxy) is 1. The number of methoxy groups -OCH3 is 1. The van der Waals surface area contributed by atoms with E-state index in [2.05, 4.69) is 10.3 Å². The zero-order valence-corrected chi connectivity index (χ0v) is 21.3. The third-order valence-corrected chi connectivity index (χ3v) is 6.94. The van der Waals surface area contributed by atoms with Gasteiger partial charge in [0.25, 0.3) is 5.91 Å². The van der Waals surface area contributed by atoms with E-state index in [1.54, 1.807) is 18.1 Å². The number of amides is 2. The number of carbonyl (C=O) groups is 2. The van der Waals surface area contributed by atoms with Crippen LogP contribution in [0.4, 0.5) is 11.4 Å². The van der Waals surface area contributed by atoms with Crippen LogP contribution in [-0.2, 0) is 9.59 Å². The van der Waals surface area contributed by atoms with Crippen molar-refractivity contribution in [1.29, 1.82) is 0 Å². The first-order valence-corrected chi connectivity index (χ1v) is 12.8. The minimum Gasteiger partial charge on any atom is -0.497 e. The summed E-state index contributed by atoms with van der Waals surface area (Å²) in [5.41, 5.74) is 3.58. The van der Waals surface area contributed by atoms with Gasteiger partial charge >= 0.3 is 0 Å². The van der Waals surface area contributed by atoms with E-state index in [4.69, 9.17) is 4.74 Å². The van der Waals surface area contributed by atoms with Gasteiger partial charge in [-0.1, -0.05) is 78.5 Å². The molecule has 2 amide bonds. The monoisotopic (exact) mass is 507 g/mol. The largest absolute Gasteiger partial charge is 0.497 e. The maximum atomic E-state index is 13.5. The molecule has 4 aromatic carbocycles. The molecule has 5 rings (SSSR count). The van der Waals surface area contributed by atoms with Crippen molar-refractivity contribution < 1.29 is 14.3 Å². The summed E-state index contributed by atoms with van der Waals surface area (Å²) in [4.78, 5) is 32.6. The van der Waals surface area contributed by atoms with Gasteiger partial charge in [-0.05, 0) is 53.8 Å². The molecule has 1 N–H and O–H groups in total. The molecule has 0 aromatic heterocycles. The van der Waals surface area contributed by atoms with Crippen LogP contribution < -0.4 is 15.0 Å². The molecule has 0 bridgehead atoms. The molecule has 4 aromatic rings. The summed E-state index contributed by atoms with van der Waals surface area (Å²) < 4.78 is 5.22. The summed E-state index contributed by atoms with van der Waals surface area (Å²) >= 11 is 1.23. The van der Waals surface area contributed by atoms with Crippen molar-refractivity contribution in [3.63, 3.8) is 0 Å². The average molecular weight is 508 g/mol. The Morgan fingerprint density at radius 3 is 2.49 bits per heavy atom. The lowest BCUT2D eigenvalue weighted by atomic mass is 10.1. The van der Waals surface area contributed by atoms with Crippen molar-refractivity contribution in [3.05, 3.63) is 108 Å². The number of nitrogens with zero attached hydrogens (tertiary/aromatic N) is 2. The lowest BCUT2D eigenvalue weighted by Gasteiger charge is -2.19. The number of nitrogens with one attached hydrogen (secondary N) is 1. The number of thioether (sulfide) groups is 1. The second-order valence-electron chi connectivity index (χ2n) is 8.49.